The molecule has 0 N–H and O–H groups in total. The zero-order valence-electron chi connectivity index (χ0n) is 18.9. The molecule has 0 aliphatic carbocycles. The molecular formula is C20H29BrFN5O4. The molecule has 0 radical (unpaired) electrons. The fourth-order valence-electron chi connectivity index (χ4n) is 3.25. The van der Waals surface area contributed by atoms with Gasteiger partial charge in [0.25, 0.3) is 0 Å². The number of carbonyl (C=O) groups is 2. The van der Waals surface area contributed by atoms with Crippen LogP contribution in [0.25, 0.3) is 0 Å². The van der Waals surface area contributed by atoms with E-state index < -0.39 is 42.1 Å². The van der Waals surface area contributed by atoms with E-state index in [1.165, 1.54) is 21.5 Å². The fourth-order valence-corrected chi connectivity index (χ4v) is 3.68. The van der Waals surface area contributed by atoms with Gasteiger partial charge in [-0.05, 0) is 63.9 Å². The molecule has 1 aromatic heterocycles. The first kappa shape index (κ1) is 24.9. The average molecular weight is 502 g/mol. The number of hydrogen-bond donors (Lipinski definition) is 0. The number of rotatable bonds is 3. The van der Waals surface area contributed by atoms with E-state index >= 15 is 0 Å². The first-order valence-corrected chi connectivity index (χ1v) is 10.7. The number of halogens is 2. The van der Waals surface area contributed by atoms with Crippen molar-refractivity contribution in [3.63, 3.8) is 0 Å². The van der Waals surface area contributed by atoms with Crippen LogP contribution in [-0.4, -0.2) is 64.4 Å². The van der Waals surface area contributed by atoms with Crippen molar-refractivity contribution in [1.29, 1.82) is 5.26 Å². The lowest BCUT2D eigenvalue weighted by molar-refractivity contribution is 0.0202. The number of nitriles is 1. The van der Waals surface area contributed by atoms with Gasteiger partial charge < -0.3 is 14.4 Å². The molecule has 0 spiro atoms. The second-order valence-electron chi connectivity index (χ2n) is 9.42. The SMILES string of the molecule is CN(C(=O)OC(C)(C)C)c1c(C#N)c(Br)nn1C1CC(CF)N(C(=O)OC(C)(C)C)C1. The van der Waals surface area contributed by atoms with Crippen LogP contribution in [0.1, 0.15) is 59.6 Å². The lowest BCUT2D eigenvalue weighted by atomic mass is 10.2. The number of likely N-dealkylation sites (tertiary alicyclic amines) is 1. The molecular weight excluding hydrogens is 473 g/mol. The van der Waals surface area contributed by atoms with Crippen LogP contribution in [0, 0.1) is 11.3 Å². The predicted octanol–water partition coefficient (Wildman–Crippen LogP) is 4.41. The number of alkyl halides is 1. The molecule has 1 aliphatic heterocycles. The summed E-state index contributed by atoms with van der Waals surface area (Å²) in [5, 5.41) is 14.0. The molecule has 2 rings (SSSR count). The highest BCUT2D eigenvalue weighted by atomic mass is 79.9. The molecule has 9 nitrogen and oxygen atoms in total. The third-order valence-corrected chi connectivity index (χ3v) is 5.04. The van der Waals surface area contributed by atoms with Crippen molar-refractivity contribution in [3.8, 4) is 6.07 Å². The van der Waals surface area contributed by atoms with Crippen LogP contribution >= 0.6 is 15.9 Å². The Morgan fingerprint density at radius 3 is 2.32 bits per heavy atom. The fraction of sp³-hybridized carbons (Fsp3) is 0.700. The molecule has 172 valence electrons. The van der Waals surface area contributed by atoms with Crippen LogP contribution in [-0.2, 0) is 9.47 Å². The van der Waals surface area contributed by atoms with E-state index in [0.717, 1.165) is 0 Å². The Bertz CT molecular complexity index is 884. The average Bonchev–Trinajstić information content (AvgIpc) is 3.18. The van der Waals surface area contributed by atoms with Crippen LogP contribution in [0.4, 0.5) is 19.8 Å². The van der Waals surface area contributed by atoms with Crippen LogP contribution in [0.2, 0.25) is 0 Å². The van der Waals surface area contributed by atoms with Gasteiger partial charge in [0.05, 0.1) is 12.1 Å². The van der Waals surface area contributed by atoms with E-state index in [9.17, 15) is 19.2 Å². The van der Waals surface area contributed by atoms with Crippen molar-refractivity contribution in [2.75, 3.05) is 25.2 Å². The van der Waals surface area contributed by atoms with Gasteiger partial charge in [-0.1, -0.05) is 0 Å². The van der Waals surface area contributed by atoms with Gasteiger partial charge in [0.15, 0.2) is 5.82 Å². The van der Waals surface area contributed by atoms with Crippen molar-refractivity contribution >= 4 is 33.9 Å². The third kappa shape index (κ3) is 5.87. The summed E-state index contributed by atoms with van der Waals surface area (Å²) in [5.74, 6) is 0.206. The zero-order chi connectivity index (χ0) is 23.7. The van der Waals surface area contributed by atoms with Gasteiger partial charge in [0, 0.05) is 13.6 Å². The summed E-state index contributed by atoms with van der Waals surface area (Å²) in [6.45, 7) is 9.79. The molecule has 2 atom stereocenters. The highest BCUT2D eigenvalue weighted by Crippen LogP contribution is 2.36. The molecule has 2 amide bonds. The predicted molar refractivity (Wildman–Crippen MR) is 116 cm³/mol. The molecule has 0 aromatic carbocycles. The van der Waals surface area contributed by atoms with Gasteiger partial charge in [0.1, 0.15) is 34.1 Å². The van der Waals surface area contributed by atoms with Gasteiger partial charge in [-0.2, -0.15) is 10.4 Å². The second kappa shape index (κ2) is 9.02. The summed E-state index contributed by atoms with van der Waals surface area (Å²) in [5.41, 5.74) is -1.32. The highest BCUT2D eigenvalue weighted by molar-refractivity contribution is 9.10. The summed E-state index contributed by atoms with van der Waals surface area (Å²) in [6, 6.07) is 0.871. The Balaban J connectivity index is 2.40. The van der Waals surface area contributed by atoms with E-state index in [-0.39, 0.29) is 29.0 Å². The monoisotopic (exact) mass is 501 g/mol. The molecule has 0 bridgehead atoms. The van der Waals surface area contributed by atoms with Gasteiger partial charge >= 0.3 is 12.2 Å². The number of ether oxygens (including phenoxy) is 2. The Kier molecular flexibility index (Phi) is 7.25. The Hall–Kier alpha value is -2.35. The quantitative estimate of drug-likeness (QED) is 0.607. The summed E-state index contributed by atoms with van der Waals surface area (Å²) in [6.07, 6.45) is -1.03. The van der Waals surface area contributed by atoms with Gasteiger partial charge in [0.2, 0.25) is 0 Å². The molecule has 2 unspecified atom stereocenters. The van der Waals surface area contributed by atoms with Gasteiger partial charge in [-0.25, -0.2) is 18.7 Å². The Labute approximate surface area is 190 Å². The molecule has 0 saturated carbocycles. The van der Waals surface area contributed by atoms with E-state index in [4.69, 9.17) is 9.47 Å². The first-order chi connectivity index (χ1) is 14.2. The van der Waals surface area contributed by atoms with Crippen LogP contribution in [0.5, 0.6) is 0 Å². The standard InChI is InChI=1S/C20H29BrFN5O4/c1-19(2,3)30-17(28)25(7)16-14(10-23)15(21)24-27(16)13-8-12(9-22)26(11-13)18(29)31-20(4,5)6/h12-13H,8-9,11H2,1-7H3. The summed E-state index contributed by atoms with van der Waals surface area (Å²) < 4.78 is 26.3. The zero-order valence-corrected chi connectivity index (χ0v) is 20.5. The highest BCUT2D eigenvalue weighted by Gasteiger charge is 2.41. The molecule has 1 fully saturated rings. The van der Waals surface area contributed by atoms with E-state index in [0.29, 0.717) is 0 Å². The largest absolute Gasteiger partial charge is 0.444 e. The number of hydrogen-bond acceptors (Lipinski definition) is 6. The van der Waals surface area contributed by atoms with E-state index in [1.807, 2.05) is 6.07 Å². The molecule has 1 aromatic rings. The Morgan fingerprint density at radius 1 is 1.26 bits per heavy atom. The number of nitrogens with zero attached hydrogens (tertiary/aromatic N) is 5. The van der Waals surface area contributed by atoms with Crippen molar-refractivity contribution in [2.24, 2.45) is 0 Å². The lowest BCUT2D eigenvalue weighted by Crippen LogP contribution is -2.41. The molecule has 1 aliphatic rings. The van der Waals surface area contributed by atoms with Crippen LogP contribution < -0.4 is 4.90 Å². The van der Waals surface area contributed by atoms with E-state index in [1.54, 1.807) is 41.5 Å². The molecule has 31 heavy (non-hydrogen) atoms. The molecule has 1 saturated heterocycles. The molecule has 2 heterocycles. The van der Waals surface area contributed by atoms with Crippen molar-refractivity contribution in [1.82, 2.24) is 14.7 Å². The number of carbonyl (C=O) groups excluding carboxylic acids is 2. The van der Waals surface area contributed by atoms with Crippen molar-refractivity contribution in [3.05, 3.63) is 10.2 Å². The summed E-state index contributed by atoms with van der Waals surface area (Å²) in [7, 11) is 1.47. The maximum absolute atomic E-state index is 13.7. The lowest BCUT2D eigenvalue weighted by Gasteiger charge is -2.27. The number of amides is 2. The molecule has 11 heteroatoms. The minimum atomic E-state index is -0.749. The normalized spacial score (nSPS) is 19.2. The smallest absolute Gasteiger partial charge is 0.415 e. The Morgan fingerprint density at radius 2 is 1.84 bits per heavy atom. The van der Waals surface area contributed by atoms with Crippen LogP contribution in [0.15, 0.2) is 4.60 Å². The summed E-state index contributed by atoms with van der Waals surface area (Å²) in [4.78, 5) is 27.8. The second-order valence-corrected chi connectivity index (χ2v) is 10.2. The van der Waals surface area contributed by atoms with Gasteiger partial charge in [-0.15, -0.1) is 0 Å². The summed E-state index contributed by atoms with van der Waals surface area (Å²) >= 11 is 3.26. The minimum Gasteiger partial charge on any atom is -0.444 e. The van der Waals surface area contributed by atoms with E-state index in [2.05, 4.69) is 21.0 Å². The number of anilines is 1. The third-order valence-electron chi connectivity index (χ3n) is 4.48. The maximum atomic E-state index is 13.7. The van der Waals surface area contributed by atoms with Crippen molar-refractivity contribution in [2.45, 2.75) is 71.2 Å². The number of aromatic nitrogens is 2. The van der Waals surface area contributed by atoms with Crippen LogP contribution in [0.3, 0.4) is 0 Å². The van der Waals surface area contributed by atoms with Gasteiger partial charge in [-0.3, -0.25) is 4.90 Å². The topological polar surface area (TPSA) is 101 Å². The maximum Gasteiger partial charge on any atom is 0.415 e. The van der Waals surface area contributed by atoms with Crippen molar-refractivity contribution < 1.29 is 23.5 Å². The first-order valence-electron chi connectivity index (χ1n) is 9.89. The minimum absolute atomic E-state index is 0.123.